The van der Waals surface area contributed by atoms with E-state index in [1.54, 1.807) is 0 Å². The lowest BCUT2D eigenvalue weighted by molar-refractivity contribution is -0.123. The lowest BCUT2D eigenvalue weighted by atomic mass is 9.94. The molecule has 2 N–H and O–H groups in total. The molecule has 0 radical (unpaired) electrons. The van der Waals surface area contributed by atoms with Crippen molar-refractivity contribution in [2.24, 2.45) is 11.8 Å². The molecule has 1 aliphatic carbocycles. The maximum absolute atomic E-state index is 12.0. The number of carbonyl (C=O) groups excluding carboxylic acids is 1. The van der Waals surface area contributed by atoms with Crippen LogP contribution >= 0.6 is 11.6 Å². The Hall–Kier alpha value is -1.88. The van der Waals surface area contributed by atoms with E-state index in [0.29, 0.717) is 10.9 Å². The van der Waals surface area contributed by atoms with Crippen LogP contribution in [0.1, 0.15) is 77.9 Å². The van der Waals surface area contributed by atoms with E-state index >= 15 is 0 Å². The molecule has 1 aromatic carbocycles. The van der Waals surface area contributed by atoms with Gasteiger partial charge in [0.1, 0.15) is 0 Å². The van der Waals surface area contributed by atoms with E-state index in [-0.39, 0.29) is 11.8 Å². The van der Waals surface area contributed by atoms with Crippen LogP contribution in [-0.2, 0) is 4.79 Å². The molecule has 1 aliphatic rings. The molecule has 1 aromatic rings. The van der Waals surface area contributed by atoms with Crippen molar-refractivity contribution in [2.75, 3.05) is 19.6 Å². The van der Waals surface area contributed by atoms with Crippen LogP contribution < -0.4 is 5.32 Å². The first kappa shape index (κ1) is 28.4. The number of nitrogens with one attached hydrogen (secondary N) is 1. The molecular weight excluding hydrogens is 444 g/mol. The van der Waals surface area contributed by atoms with Crippen molar-refractivity contribution < 1.29 is 9.90 Å². The molecule has 2 rings (SSSR count). The van der Waals surface area contributed by atoms with Crippen LogP contribution in [0.15, 0.2) is 59.8 Å². The maximum Gasteiger partial charge on any atom is 0.226 e. The summed E-state index contributed by atoms with van der Waals surface area (Å²) in [4.78, 5) is 14.5. The predicted molar refractivity (Wildman–Crippen MR) is 144 cm³/mol. The summed E-state index contributed by atoms with van der Waals surface area (Å²) in [6.45, 7) is 11.6. The molecule has 2 atom stereocenters. The molecule has 0 aromatic heterocycles. The average molecular weight is 487 g/mol. The van der Waals surface area contributed by atoms with Gasteiger partial charge in [-0.15, -0.1) is 0 Å². The quantitative estimate of drug-likeness (QED) is 0.283. The molecule has 1 amide bonds. The van der Waals surface area contributed by atoms with Gasteiger partial charge in [-0.05, 0) is 75.0 Å². The molecule has 0 bridgehead atoms. The lowest BCUT2D eigenvalue weighted by Crippen LogP contribution is -2.27. The van der Waals surface area contributed by atoms with Gasteiger partial charge in [-0.3, -0.25) is 4.79 Å². The van der Waals surface area contributed by atoms with Gasteiger partial charge in [0, 0.05) is 16.6 Å². The lowest BCUT2D eigenvalue weighted by Gasteiger charge is -2.23. The van der Waals surface area contributed by atoms with E-state index in [1.165, 1.54) is 5.57 Å². The molecule has 4 nitrogen and oxygen atoms in total. The summed E-state index contributed by atoms with van der Waals surface area (Å²) in [6.07, 6.45) is 14.1. The van der Waals surface area contributed by atoms with E-state index in [0.717, 1.165) is 69.4 Å². The number of rotatable bonds is 14. The van der Waals surface area contributed by atoms with E-state index in [2.05, 4.69) is 42.3 Å². The molecule has 0 fully saturated rings. The topological polar surface area (TPSA) is 52.6 Å². The minimum absolute atomic E-state index is 0.0162. The first-order chi connectivity index (χ1) is 16.3. The van der Waals surface area contributed by atoms with E-state index < -0.39 is 6.10 Å². The van der Waals surface area contributed by atoms with Crippen molar-refractivity contribution in [1.29, 1.82) is 0 Å². The number of benzene rings is 1. The zero-order valence-corrected chi connectivity index (χ0v) is 22.2. The van der Waals surface area contributed by atoms with Crippen molar-refractivity contribution in [3.8, 4) is 0 Å². The summed E-state index contributed by atoms with van der Waals surface area (Å²) in [6, 6.07) is 7.48. The summed E-state index contributed by atoms with van der Waals surface area (Å²) in [5.41, 5.74) is 3.26. The summed E-state index contributed by atoms with van der Waals surface area (Å²) in [5.74, 6) is 0.549. The Kier molecular flexibility index (Phi) is 12.7. The second-order valence-corrected chi connectivity index (χ2v) is 10.1. The Morgan fingerprint density at radius 1 is 1.09 bits per heavy atom. The third-order valence-corrected chi connectivity index (χ3v) is 6.85. The molecule has 188 valence electrons. The number of hydrogen-bond acceptors (Lipinski definition) is 3. The summed E-state index contributed by atoms with van der Waals surface area (Å²) < 4.78 is 0. The third kappa shape index (κ3) is 10.2. The fourth-order valence-corrected chi connectivity index (χ4v) is 4.20. The number of hydrogen-bond donors (Lipinski definition) is 2. The highest BCUT2D eigenvalue weighted by molar-refractivity contribution is 6.30. The van der Waals surface area contributed by atoms with Crippen molar-refractivity contribution in [1.82, 2.24) is 10.2 Å². The van der Waals surface area contributed by atoms with Gasteiger partial charge in [0.05, 0.1) is 6.10 Å². The number of nitrogens with zero attached hydrogens (tertiary/aromatic N) is 1. The third-order valence-electron chi connectivity index (χ3n) is 6.60. The number of halogens is 1. The summed E-state index contributed by atoms with van der Waals surface area (Å²) in [5, 5.41) is 14.1. The average Bonchev–Trinajstić information content (AvgIpc) is 3.06. The first-order valence-corrected chi connectivity index (χ1v) is 13.2. The molecule has 0 saturated heterocycles. The normalized spacial score (nSPS) is 15.6. The van der Waals surface area contributed by atoms with E-state index in [1.807, 2.05) is 44.2 Å². The van der Waals surface area contributed by atoms with Crippen LogP contribution in [0, 0.1) is 11.8 Å². The molecule has 0 heterocycles. The largest absolute Gasteiger partial charge is 0.388 e. The van der Waals surface area contributed by atoms with Gasteiger partial charge in [0.25, 0.3) is 0 Å². The Morgan fingerprint density at radius 2 is 1.82 bits per heavy atom. The number of allylic oxidation sites excluding steroid dienone is 5. The van der Waals surface area contributed by atoms with Gasteiger partial charge in [0.15, 0.2) is 0 Å². The van der Waals surface area contributed by atoms with Crippen molar-refractivity contribution in [2.45, 2.75) is 72.3 Å². The van der Waals surface area contributed by atoms with Gasteiger partial charge in [0.2, 0.25) is 5.91 Å². The molecule has 0 aliphatic heterocycles. The number of aliphatic hydroxyl groups excluding tert-OH is 1. The predicted octanol–water partition coefficient (Wildman–Crippen LogP) is 6.82. The van der Waals surface area contributed by atoms with Gasteiger partial charge < -0.3 is 15.3 Å². The number of amides is 1. The van der Waals surface area contributed by atoms with Crippen LogP contribution in [0.5, 0.6) is 0 Å². The van der Waals surface area contributed by atoms with Crippen molar-refractivity contribution in [3.05, 3.63) is 70.4 Å². The van der Waals surface area contributed by atoms with Gasteiger partial charge in [-0.2, -0.15) is 0 Å². The molecule has 34 heavy (non-hydrogen) atoms. The molecule has 0 spiro atoms. The number of carbonyl (C=O) groups is 1. The van der Waals surface area contributed by atoms with E-state index in [4.69, 9.17) is 11.6 Å². The zero-order valence-electron chi connectivity index (χ0n) is 21.4. The van der Waals surface area contributed by atoms with Crippen molar-refractivity contribution in [3.63, 3.8) is 0 Å². The molecular formula is C29H43ClN2O2. The number of aliphatic hydroxyl groups is 1. The van der Waals surface area contributed by atoms with Crippen LogP contribution in [0.2, 0.25) is 5.02 Å². The summed E-state index contributed by atoms with van der Waals surface area (Å²) >= 11 is 5.92. The van der Waals surface area contributed by atoms with Crippen LogP contribution in [0.3, 0.4) is 0 Å². The fraction of sp³-hybridized carbons (Fsp3) is 0.552. The Labute approximate surface area is 211 Å². The Bertz CT molecular complexity index is 842. The fourth-order valence-electron chi connectivity index (χ4n) is 4.08. The highest BCUT2D eigenvalue weighted by Crippen LogP contribution is 2.23. The first-order valence-electron chi connectivity index (χ1n) is 12.8. The SMILES string of the molecule is CCN(CCCCCC(O)c1ccc(Cl)cc1)CCC(C)C1=CC=CC(NC(=O)C(C)C)=CC1. The maximum atomic E-state index is 12.0. The van der Waals surface area contributed by atoms with Crippen LogP contribution in [0.4, 0.5) is 0 Å². The Morgan fingerprint density at radius 3 is 2.50 bits per heavy atom. The van der Waals surface area contributed by atoms with Gasteiger partial charge in [-0.25, -0.2) is 0 Å². The smallest absolute Gasteiger partial charge is 0.226 e. The monoisotopic (exact) mass is 486 g/mol. The summed E-state index contributed by atoms with van der Waals surface area (Å²) in [7, 11) is 0. The highest BCUT2D eigenvalue weighted by Gasteiger charge is 2.13. The van der Waals surface area contributed by atoms with Crippen LogP contribution in [-0.4, -0.2) is 35.5 Å². The second kappa shape index (κ2) is 15.2. The van der Waals surface area contributed by atoms with E-state index in [9.17, 15) is 9.90 Å². The molecule has 2 unspecified atom stereocenters. The van der Waals surface area contributed by atoms with Gasteiger partial charge in [-0.1, -0.05) is 88.1 Å². The molecule has 0 saturated carbocycles. The van der Waals surface area contributed by atoms with Crippen LogP contribution in [0.25, 0.3) is 0 Å². The van der Waals surface area contributed by atoms with Crippen molar-refractivity contribution >= 4 is 17.5 Å². The number of unbranched alkanes of at least 4 members (excludes halogenated alkanes) is 2. The highest BCUT2D eigenvalue weighted by atomic mass is 35.5. The molecule has 5 heteroatoms. The second-order valence-electron chi connectivity index (χ2n) is 9.65. The Balaban J connectivity index is 1.67. The minimum atomic E-state index is -0.407. The standard InChI is InChI=1S/C29H43ClN2O2/c1-5-32(20-8-6-7-12-28(33)25-13-16-26(30)17-14-25)21-19-23(4)24-10-9-11-27(18-15-24)31-29(34)22(2)3/h9-11,13-14,16-18,22-23,28,33H,5-8,12,15,19-21H2,1-4H3,(H,31,34). The zero-order chi connectivity index (χ0) is 24.9. The van der Waals surface area contributed by atoms with Gasteiger partial charge >= 0.3 is 0 Å². The minimum Gasteiger partial charge on any atom is -0.388 e.